The zero-order chi connectivity index (χ0) is 19.3. The van der Waals surface area contributed by atoms with Gasteiger partial charge in [-0.15, -0.1) is 0 Å². The van der Waals surface area contributed by atoms with E-state index in [9.17, 15) is 19.5 Å². The van der Waals surface area contributed by atoms with Gasteiger partial charge < -0.3 is 29.3 Å². The number of ether oxygens (including phenoxy) is 3. The van der Waals surface area contributed by atoms with Gasteiger partial charge in [0.1, 0.15) is 12.7 Å². The maximum atomic E-state index is 11.6. The lowest BCUT2D eigenvalue weighted by Gasteiger charge is -2.28. The predicted molar refractivity (Wildman–Crippen MR) is 87.3 cm³/mol. The van der Waals surface area contributed by atoms with Gasteiger partial charge in [-0.25, -0.2) is 14.4 Å². The van der Waals surface area contributed by atoms with E-state index in [4.69, 9.17) is 14.6 Å². The van der Waals surface area contributed by atoms with Crippen LogP contribution in [0.2, 0.25) is 0 Å². The molecule has 0 saturated carbocycles. The van der Waals surface area contributed by atoms with Gasteiger partial charge in [-0.3, -0.25) is 0 Å². The van der Waals surface area contributed by atoms with Crippen LogP contribution < -0.4 is 0 Å². The van der Waals surface area contributed by atoms with Gasteiger partial charge in [0.15, 0.2) is 6.23 Å². The molecule has 0 aromatic rings. The Balaban J connectivity index is 1.95. The van der Waals surface area contributed by atoms with Crippen LogP contribution in [0.25, 0.3) is 0 Å². The normalized spacial score (nSPS) is 28.1. The van der Waals surface area contributed by atoms with E-state index in [0.717, 1.165) is 12.2 Å². The van der Waals surface area contributed by atoms with Crippen LogP contribution in [0, 0.1) is 5.92 Å². The lowest BCUT2D eigenvalue weighted by molar-refractivity contribution is -0.144. The Hall–Kier alpha value is -2.65. The molecule has 2 aliphatic heterocycles. The fourth-order valence-corrected chi connectivity index (χ4v) is 2.60. The van der Waals surface area contributed by atoms with Crippen molar-refractivity contribution in [2.24, 2.45) is 5.92 Å². The van der Waals surface area contributed by atoms with Gasteiger partial charge in [0.2, 0.25) is 0 Å². The number of methoxy groups -OCH3 is 1. The van der Waals surface area contributed by atoms with Crippen LogP contribution in [0.15, 0.2) is 36.2 Å². The van der Waals surface area contributed by atoms with Gasteiger partial charge in [0.05, 0.1) is 18.8 Å². The van der Waals surface area contributed by atoms with E-state index in [-0.39, 0.29) is 24.5 Å². The summed E-state index contributed by atoms with van der Waals surface area (Å²) in [6.07, 6.45) is 4.61. The number of carbonyl (C=O) groups excluding carboxylic acids is 2. The molecule has 0 amide bonds. The maximum Gasteiger partial charge on any atom is 0.333 e. The minimum absolute atomic E-state index is 0.119. The van der Waals surface area contributed by atoms with Crippen LogP contribution in [-0.2, 0) is 28.6 Å². The minimum Gasteiger partial charge on any atom is -0.478 e. The molecule has 0 aromatic carbocycles. The molecule has 0 radical (unpaired) electrons. The molecule has 0 unspecified atom stereocenters. The second kappa shape index (κ2) is 8.63. The summed E-state index contributed by atoms with van der Waals surface area (Å²) in [6.45, 7) is 1.62. The van der Waals surface area contributed by atoms with Crippen molar-refractivity contribution in [2.75, 3.05) is 13.7 Å². The quantitative estimate of drug-likeness (QED) is 0.499. The van der Waals surface area contributed by atoms with Crippen LogP contribution in [0.4, 0.5) is 0 Å². The Morgan fingerprint density at radius 1 is 1.35 bits per heavy atom. The highest BCUT2D eigenvalue weighted by Gasteiger charge is 2.43. The first-order chi connectivity index (χ1) is 12.3. The lowest BCUT2D eigenvalue weighted by atomic mass is 10.0. The average Bonchev–Trinajstić information content (AvgIpc) is 2.92. The third-order valence-corrected chi connectivity index (χ3v) is 4.17. The topological polar surface area (TPSA) is 123 Å². The highest BCUT2D eigenvalue weighted by molar-refractivity contribution is 5.91. The number of carboxylic acid groups (broad SMARTS) is 1. The van der Waals surface area contributed by atoms with Crippen LogP contribution in [-0.4, -0.2) is 65.2 Å². The first-order valence-electron chi connectivity index (χ1n) is 7.98. The van der Waals surface area contributed by atoms with Gasteiger partial charge in [-0.05, 0) is 0 Å². The van der Waals surface area contributed by atoms with Crippen molar-refractivity contribution in [1.29, 1.82) is 0 Å². The number of aliphatic carboxylic acids is 1. The van der Waals surface area contributed by atoms with E-state index >= 15 is 0 Å². The molecule has 2 N–H and O–H groups in total. The number of aliphatic hydroxyl groups excluding tert-OH is 1. The number of carbonyl (C=O) groups is 3. The molecule has 0 bridgehead atoms. The molecule has 0 aliphatic carbocycles. The molecule has 142 valence electrons. The molecule has 2 heterocycles. The van der Waals surface area contributed by atoms with Crippen molar-refractivity contribution in [3.63, 3.8) is 0 Å². The molecule has 2 aliphatic rings. The van der Waals surface area contributed by atoms with E-state index in [1.807, 2.05) is 0 Å². The van der Waals surface area contributed by atoms with Crippen molar-refractivity contribution in [3.8, 4) is 0 Å². The highest BCUT2D eigenvalue weighted by Crippen LogP contribution is 2.31. The van der Waals surface area contributed by atoms with Gasteiger partial charge >= 0.3 is 17.9 Å². The van der Waals surface area contributed by atoms with E-state index < -0.39 is 36.3 Å². The summed E-state index contributed by atoms with van der Waals surface area (Å²) in [7, 11) is 1.19. The molecule has 1 saturated heterocycles. The molecule has 0 aromatic heterocycles. The summed E-state index contributed by atoms with van der Waals surface area (Å²) >= 11 is 0. The Bertz CT molecular complexity index is 653. The summed E-state index contributed by atoms with van der Waals surface area (Å²) in [6, 6.07) is 0. The van der Waals surface area contributed by atoms with Gasteiger partial charge in [0.25, 0.3) is 0 Å². The summed E-state index contributed by atoms with van der Waals surface area (Å²) in [4.78, 5) is 35.1. The number of esters is 2. The van der Waals surface area contributed by atoms with Crippen LogP contribution in [0.1, 0.15) is 13.3 Å². The van der Waals surface area contributed by atoms with Crippen molar-refractivity contribution in [1.82, 2.24) is 4.90 Å². The van der Waals surface area contributed by atoms with E-state index in [1.54, 1.807) is 19.2 Å². The summed E-state index contributed by atoms with van der Waals surface area (Å²) in [5.41, 5.74) is 0.179. The fraction of sp³-hybridized carbons (Fsp3) is 0.471. The van der Waals surface area contributed by atoms with Crippen molar-refractivity contribution in [2.45, 2.75) is 31.8 Å². The number of aliphatic hydroxyl groups is 1. The summed E-state index contributed by atoms with van der Waals surface area (Å²) in [5, 5.41) is 19.5. The average molecular weight is 367 g/mol. The lowest BCUT2D eigenvalue weighted by Crippen LogP contribution is -2.37. The molecule has 4 atom stereocenters. The molecule has 0 spiro atoms. The van der Waals surface area contributed by atoms with Crippen LogP contribution in [0.3, 0.4) is 0 Å². The smallest absolute Gasteiger partial charge is 0.333 e. The monoisotopic (exact) mass is 367 g/mol. The van der Waals surface area contributed by atoms with Crippen molar-refractivity contribution in [3.05, 3.63) is 36.2 Å². The maximum absolute atomic E-state index is 11.6. The number of rotatable bonds is 6. The Morgan fingerprint density at radius 3 is 2.69 bits per heavy atom. The Morgan fingerprint density at radius 2 is 2.04 bits per heavy atom. The molecular weight excluding hydrogens is 346 g/mol. The first-order valence-corrected chi connectivity index (χ1v) is 7.98. The van der Waals surface area contributed by atoms with E-state index in [1.165, 1.54) is 18.2 Å². The SMILES string of the molecule is COC(=O)/C=C/C(=O)OC[C@H]1O[C@@H](N2C=CCC(C(=O)O)=C2)[C@H](O)[C@@H]1C. The third kappa shape index (κ3) is 4.70. The Kier molecular flexibility index (Phi) is 6.53. The van der Waals surface area contributed by atoms with Crippen molar-refractivity contribution >= 4 is 17.9 Å². The number of hydrogen-bond donors (Lipinski definition) is 2. The standard InChI is InChI=1S/C17H21NO8/c1-10-12(9-25-14(20)6-5-13(19)24-2)26-16(15(10)21)18-7-3-4-11(8-18)17(22)23/h3,5-8,10,12,15-16,21H,4,9H2,1-2H3,(H,22,23)/b6-5+/t10-,12-,15-,16-/m1/s1. The molecular formula is C17H21NO8. The summed E-state index contributed by atoms with van der Waals surface area (Å²) in [5.74, 6) is -2.81. The number of allylic oxidation sites excluding steroid dienone is 1. The largest absolute Gasteiger partial charge is 0.478 e. The highest BCUT2D eigenvalue weighted by atomic mass is 16.6. The minimum atomic E-state index is -1.04. The van der Waals surface area contributed by atoms with E-state index in [2.05, 4.69) is 4.74 Å². The van der Waals surface area contributed by atoms with Crippen LogP contribution in [0.5, 0.6) is 0 Å². The molecule has 26 heavy (non-hydrogen) atoms. The summed E-state index contributed by atoms with van der Waals surface area (Å²) < 4.78 is 15.1. The van der Waals surface area contributed by atoms with Gasteiger partial charge in [0, 0.05) is 36.9 Å². The van der Waals surface area contributed by atoms with Crippen molar-refractivity contribution < 1.29 is 38.8 Å². The zero-order valence-electron chi connectivity index (χ0n) is 14.4. The molecule has 1 fully saturated rings. The van der Waals surface area contributed by atoms with Crippen LogP contribution >= 0.6 is 0 Å². The fourth-order valence-electron chi connectivity index (χ4n) is 2.60. The number of nitrogens with zero attached hydrogens (tertiary/aromatic N) is 1. The number of carboxylic acids is 1. The number of hydrogen-bond acceptors (Lipinski definition) is 8. The zero-order valence-corrected chi connectivity index (χ0v) is 14.4. The molecule has 9 nitrogen and oxygen atoms in total. The third-order valence-electron chi connectivity index (χ3n) is 4.17. The second-order valence-corrected chi connectivity index (χ2v) is 5.90. The van der Waals surface area contributed by atoms with E-state index in [0.29, 0.717) is 0 Å². The molecule has 9 heteroatoms. The predicted octanol–water partition coefficient (Wildman–Crippen LogP) is 0.169. The second-order valence-electron chi connectivity index (χ2n) is 5.90. The first kappa shape index (κ1) is 19.7. The van der Waals surface area contributed by atoms with Gasteiger partial charge in [-0.1, -0.05) is 13.0 Å². The van der Waals surface area contributed by atoms with Gasteiger partial charge in [-0.2, -0.15) is 0 Å². The molecule has 2 rings (SSSR count). The Labute approximate surface area is 150 Å².